The van der Waals surface area contributed by atoms with Crippen LogP contribution in [0.4, 0.5) is 4.39 Å². The number of hydrogen-bond acceptors (Lipinski definition) is 2. The zero-order valence-corrected chi connectivity index (χ0v) is 9.82. The van der Waals surface area contributed by atoms with Crippen LogP contribution in [0.15, 0.2) is 16.6 Å². The summed E-state index contributed by atoms with van der Waals surface area (Å²) < 4.78 is 18.7. The maximum atomic E-state index is 13.1. The molecule has 4 heteroatoms. The molecule has 0 fully saturated rings. The summed E-state index contributed by atoms with van der Waals surface area (Å²) in [6.07, 6.45) is 0. The van der Waals surface area contributed by atoms with Crippen molar-refractivity contribution in [3.63, 3.8) is 0 Å². The number of nitrogens with one attached hydrogen (secondary N) is 1. The molecule has 78 valence electrons. The van der Waals surface area contributed by atoms with Gasteiger partial charge in [0.15, 0.2) is 0 Å². The van der Waals surface area contributed by atoms with Gasteiger partial charge in [0.2, 0.25) is 0 Å². The summed E-state index contributed by atoms with van der Waals surface area (Å²) in [4.78, 5) is 0. The largest absolute Gasteiger partial charge is 0.496 e. The Morgan fingerprint density at radius 1 is 1.50 bits per heavy atom. The summed E-state index contributed by atoms with van der Waals surface area (Å²) in [5, 5.41) is 3.16. The smallest absolute Gasteiger partial charge is 0.141 e. The van der Waals surface area contributed by atoms with Gasteiger partial charge in [-0.1, -0.05) is 6.92 Å². The molecule has 0 radical (unpaired) electrons. The summed E-state index contributed by atoms with van der Waals surface area (Å²) in [5.41, 5.74) is 0.947. The number of halogens is 2. The van der Waals surface area contributed by atoms with Crippen LogP contribution in [0.25, 0.3) is 0 Å². The Morgan fingerprint density at radius 2 is 2.21 bits per heavy atom. The molecule has 0 aliphatic rings. The highest BCUT2D eigenvalue weighted by molar-refractivity contribution is 9.10. The van der Waals surface area contributed by atoms with Crippen LogP contribution in [-0.4, -0.2) is 13.7 Å². The summed E-state index contributed by atoms with van der Waals surface area (Å²) in [5.74, 6) is 0.272. The highest BCUT2D eigenvalue weighted by atomic mass is 79.9. The summed E-state index contributed by atoms with van der Waals surface area (Å²) in [6, 6.07) is 3.12. The minimum absolute atomic E-state index is 0.304. The molecule has 0 amide bonds. The third-order valence-electron chi connectivity index (χ3n) is 1.89. The van der Waals surface area contributed by atoms with Gasteiger partial charge >= 0.3 is 0 Å². The van der Waals surface area contributed by atoms with Gasteiger partial charge in [-0.2, -0.15) is 0 Å². The van der Waals surface area contributed by atoms with Gasteiger partial charge in [0.05, 0.1) is 11.6 Å². The van der Waals surface area contributed by atoms with E-state index in [9.17, 15) is 4.39 Å². The van der Waals surface area contributed by atoms with Crippen LogP contribution in [0, 0.1) is 5.82 Å². The van der Waals surface area contributed by atoms with E-state index in [2.05, 4.69) is 21.2 Å². The molecule has 2 nitrogen and oxygen atoms in total. The van der Waals surface area contributed by atoms with Crippen molar-refractivity contribution < 1.29 is 9.13 Å². The first-order valence-electron chi connectivity index (χ1n) is 4.41. The van der Waals surface area contributed by atoms with Gasteiger partial charge in [0.1, 0.15) is 11.6 Å². The molecule has 1 N–H and O–H groups in total. The summed E-state index contributed by atoms with van der Waals surface area (Å²) in [7, 11) is 1.54. The fourth-order valence-corrected chi connectivity index (χ4v) is 1.55. The van der Waals surface area contributed by atoms with Crippen molar-refractivity contribution in [1.29, 1.82) is 0 Å². The van der Waals surface area contributed by atoms with E-state index in [0.717, 1.165) is 12.1 Å². The topological polar surface area (TPSA) is 21.3 Å². The molecule has 1 rings (SSSR count). The molecule has 0 saturated heterocycles. The van der Waals surface area contributed by atoms with Crippen molar-refractivity contribution in [1.82, 2.24) is 5.32 Å². The van der Waals surface area contributed by atoms with Gasteiger partial charge in [0, 0.05) is 18.2 Å². The number of ether oxygens (including phenoxy) is 1. The molecule has 0 aliphatic carbocycles. The Bertz CT molecular complexity index is 317. The van der Waals surface area contributed by atoms with Gasteiger partial charge in [-0.15, -0.1) is 0 Å². The van der Waals surface area contributed by atoms with Crippen molar-refractivity contribution in [2.45, 2.75) is 13.5 Å². The van der Waals surface area contributed by atoms with E-state index in [1.165, 1.54) is 13.2 Å². The Balaban J connectivity index is 2.95. The predicted molar refractivity (Wildman–Crippen MR) is 58.0 cm³/mol. The van der Waals surface area contributed by atoms with E-state index < -0.39 is 0 Å². The second-order valence-electron chi connectivity index (χ2n) is 2.86. The van der Waals surface area contributed by atoms with E-state index in [1.807, 2.05) is 6.92 Å². The normalized spacial score (nSPS) is 10.3. The molecule has 0 unspecified atom stereocenters. The quantitative estimate of drug-likeness (QED) is 0.900. The lowest BCUT2D eigenvalue weighted by Gasteiger charge is -2.09. The van der Waals surface area contributed by atoms with Crippen LogP contribution in [0.3, 0.4) is 0 Å². The van der Waals surface area contributed by atoms with Gasteiger partial charge in [-0.25, -0.2) is 4.39 Å². The van der Waals surface area contributed by atoms with Gasteiger partial charge in [-0.3, -0.25) is 0 Å². The SMILES string of the molecule is CCNCc1cc(Br)c(F)cc1OC. The first kappa shape index (κ1) is 11.5. The Morgan fingerprint density at radius 3 is 2.79 bits per heavy atom. The third kappa shape index (κ3) is 2.69. The van der Waals surface area contributed by atoms with E-state index in [0.29, 0.717) is 16.8 Å². The van der Waals surface area contributed by atoms with E-state index in [4.69, 9.17) is 4.74 Å². The molecular formula is C10H13BrFNO. The van der Waals surface area contributed by atoms with E-state index in [1.54, 1.807) is 6.07 Å². The maximum Gasteiger partial charge on any atom is 0.141 e. The number of hydrogen-bond donors (Lipinski definition) is 1. The highest BCUT2D eigenvalue weighted by Gasteiger charge is 2.07. The monoisotopic (exact) mass is 261 g/mol. The van der Waals surface area contributed by atoms with E-state index >= 15 is 0 Å². The second kappa shape index (κ2) is 5.32. The molecule has 0 saturated carbocycles. The third-order valence-corrected chi connectivity index (χ3v) is 2.50. The fraction of sp³-hybridized carbons (Fsp3) is 0.400. The molecule has 0 atom stereocenters. The standard InChI is InChI=1S/C10H13BrFNO/c1-3-13-6-7-4-8(11)9(12)5-10(7)14-2/h4-5,13H,3,6H2,1-2H3. The minimum atomic E-state index is -0.304. The molecule has 1 aromatic carbocycles. The zero-order chi connectivity index (χ0) is 10.6. The molecular weight excluding hydrogens is 249 g/mol. The minimum Gasteiger partial charge on any atom is -0.496 e. The van der Waals surface area contributed by atoms with Crippen LogP contribution < -0.4 is 10.1 Å². The Hall–Kier alpha value is -0.610. The number of rotatable bonds is 4. The van der Waals surface area contributed by atoms with Crippen molar-refractivity contribution in [2.24, 2.45) is 0 Å². The highest BCUT2D eigenvalue weighted by Crippen LogP contribution is 2.26. The molecule has 0 aliphatic heterocycles. The second-order valence-corrected chi connectivity index (χ2v) is 3.71. The van der Waals surface area contributed by atoms with Crippen molar-refractivity contribution >= 4 is 15.9 Å². The molecule has 14 heavy (non-hydrogen) atoms. The van der Waals surface area contributed by atoms with Gasteiger partial charge in [0.25, 0.3) is 0 Å². The zero-order valence-electron chi connectivity index (χ0n) is 8.23. The molecule has 0 heterocycles. The summed E-state index contributed by atoms with van der Waals surface area (Å²) >= 11 is 3.14. The lowest BCUT2D eigenvalue weighted by molar-refractivity contribution is 0.404. The van der Waals surface area contributed by atoms with Crippen LogP contribution >= 0.6 is 15.9 Å². The lowest BCUT2D eigenvalue weighted by Crippen LogP contribution is -2.12. The molecule has 0 spiro atoms. The average Bonchev–Trinajstić information content (AvgIpc) is 2.19. The molecule has 1 aromatic rings. The van der Waals surface area contributed by atoms with Gasteiger partial charge < -0.3 is 10.1 Å². The van der Waals surface area contributed by atoms with Crippen LogP contribution in [0.2, 0.25) is 0 Å². The first-order valence-corrected chi connectivity index (χ1v) is 5.21. The first-order chi connectivity index (χ1) is 6.69. The van der Waals surface area contributed by atoms with Crippen LogP contribution in [0.1, 0.15) is 12.5 Å². The van der Waals surface area contributed by atoms with Crippen LogP contribution in [0.5, 0.6) is 5.75 Å². The van der Waals surface area contributed by atoms with Crippen molar-refractivity contribution in [3.05, 3.63) is 28.0 Å². The maximum absolute atomic E-state index is 13.1. The number of methoxy groups -OCH3 is 1. The lowest BCUT2D eigenvalue weighted by atomic mass is 10.2. The number of benzene rings is 1. The van der Waals surface area contributed by atoms with E-state index in [-0.39, 0.29) is 5.82 Å². The van der Waals surface area contributed by atoms with Crippen molar-refractivity contribution in [2.75, 3.05) is 13.7 Å². The Labute approximate surface area is 91.6 Å². The molecule has 0 aromatic heterocycles. The predicted octanol–water partition coefficient (Wildman–Crippen LogP) is 2.71. The van der Waals surface area contributed by atoms with Crippen molar-refractivity contribution in [3.8, 4) is 5.75 Å². The average molecular weight is 262 g/mol. The van der Waals surface area contributed by atoms with Gasteiger partial charge in [-0.05, 0) is 28.5 Å². The van der Waals surface area contributed by atoms with Crippen LogP contribution in [-0.2, 0) is 6.54 Å². The summed E-state index contributed by atoms with van der Waals surface area (Å²) in [6.45, 7) is 3.57. The fourth-order valence-electron chi connectivity index (χ4n) is 1.16. The Kier molecular flexibility index (Phi) is 4.35. The molecule has 0 bridgehead atoms.